The Balaban J connectivity index is 1.20. The maximum atomic E-state index is 12.5. The van der Waals surface area contributed by atoms with Crippen LogP contribution in [0.1, 0.15) is 44.9 Å². The summed E-state index contributed by atoms with van der Waals surface area (Å²) in [7, 11) is -2.37. The average molecular weight is 538 g/mol. The Morgan fingerprint density at radius 3 is 2.89 bits per heavy atom. The summed E-state index contributed by atoms with van der Waals surface area (Å²) < 4.78 is 28.9. The van der Waals surface area contributed by atoms with E-state index in [1.165, 1.54) is 49.5 Å². The summed E-state index contributed by atoms with van der Waals surface area (Å²) in [5.41, 5.74) is 3.43. The number of anilines is 1. The highest BCUT2D eigenvalue weighted by Crippen LogP contribution is 2.30. The summed E-state index contributed by atoms with van der Waals surface area (Å²) in [6.07, 6.45) is 16.9. The fourth-order valence-electron chi connectivity index (χ4n) is 4.88. The molecule has 0 spiro atoms. The van der Waals surface area contributed by atoms with Crippen molar-refractivity contribution in [2.45, 2.75) is 44.9 Å². The number of nitrogens with zero attached hydrogens (tertiary/aromatic N) is 1. The lowest BCUT2D eigenvalue weighted by Gasteiger charge is -2.22. The van der Waals surface area contributed by atoms with Crippen LogP contribution in [-0.4, -0.2) is 29.2 Å². The molecule has 0 bridgehead atoms. The number of oxazole rings is 1. The SMILES string of the molecule is O=C(C=CC1C=CC(CCC2CCCCC2)=CC1=S(=O)=O)Nc1nc(-c2ccc3[nH]c(=O)oc3c2)cs1. The third kappa shape index (κ3) is 6.26. The molecule has 2 aromatic heterocycles. The fraction of sp³-hybridized carbons (Fsp3) is 0.333. The van der Waals surface area contributed by atoms with E-state index in [0.717, 1.165) is 29.9 Å². The second kappa shape index (κ2) is 11.3. The Hall–Kier alpha value is -3.50. The second-order valence-electron chi connectivity index (χ2n) is 9.40. The molecule has 37 heavy (non-hydrogen) atoms. The van der Waals surface area contributed by atoms with Crippen LogP contribution < -0.4 is 11.1 Å². The molecular weight excluding hydrogens is 510 g/mol. The van der Waals surface area contributed by atoms with E-state index < -0.39 is 27.9 Å². The highest BCUT2D eigenvalue weighted by Gasteiger charge is 2.18. The van der Waals surface area contributed by atoms with Crippen LogP contribution in [0.25, 0.3) is 22.4 Å². The lowest BCUT2D eigenvalue weighted by atomic mass is 9.84. The number of nitrogens with one attached hydrogen (secondary N) is 2. The zero-order valence-corrected chi connectivity index (χ0v) is 21.7. The molecule has 8 nitrogen and oxygen atoms in total. The molecule has 1 amide bonds. The molecule has 1 unspecified atom stereocenters. The van der Waals surface area contributed by atoms with E-state index >= 15 is 0 Å². The van der Waals surface area contributed by atoms with Gasteiger partial charge in [-0.05, 0) is 42.5 Å². The molecule has 2 aliphatic rings. The summed E-state index contributed by atoms with van der Waals surface area (Å²) >= 11 is 1.26. The van der Waals surface area contributed by atoms with Gasteiger partial charge in [-0.1, -0.05) is 56.4 Å². The van der Waals surface area contributed by atoms with Crippen LogP contribution >= 0.6 is 11.3 Å². The van der Waals surface area contributed by atoms with Crippen molar-refractivity contribution in [3.63, 3.8) is 0 Å². The first kappa shape index (κ1) is 25.2. The van der Waals surface area contributed by atoms with Crippen molar-refractivity contribution in [2.24, 2.45) is 11.8 Å². The molecule has 192 valence electrons. The smallest absolute Gasteiger partial charge is 0.408 e. The first-order chi connectivity index (χ1) is 17.9. The molecule has 0 aliphatic heterocycles. The van der Waals surface area contributed by atoms with Gasteiger partial charge in [-0.3, -0.25) is 15.1 Å². The van der Waals surface area contributed by atoms with Crippen molar-refractivity contribution >= 4 is 48.6 Å². The number of amides is 1. The zero-order valence-electron chi connectivity index (χ0n) is 20.1. The topological polar surface area (TPSA) is 122 Å². The first-order valence-electron chi connectivity index (χ1n) is 12.4. The number of carbonyl (C=O) groups is 1. The molecule has 2 aliphatic carbocycles. The van der Waals surface area contributed by atoms with Gasteiger partial charge in [-0.2, -0.15) is 8.42 Å². The van der Waals surface area contributed by atoms with E-state index in [1.807, 2.05) is 12.2 Å². The largest absolute Gasteiger partial charge is 0.417 e. The summed E-state index contributed by atoms with van der Waals surface area (Å²) in [5.74, 6) is -0.680. The van der Waals surface area contributed by atoms with Crippen LogP contribution in [0.5, 0.6) is 0 Å². The van der Waals surface area contributed by atoms with Gasteiger partial charge in [0.1, 0.15) is 0 Å². The number of thiazole rings is 1. The van der Waals surface area contributed by atoms with Crippen LogP contribution in [-0.2, 0) is 15.1 Å². The van der Waals surface area contributed by atoms with Gasteiger partial charge in [-0.25, -0.2) is 9.78 Å². The van der Waals surface area contributed by atoms with E-state index in [2.05, 4.69) is 15.3 Å². The molecule has 1 aromatic carbocycles. The Labute approximate surface area is 219 Å². The first-order valence-corrected chi connectivity index (χ1v) is 14.3. The minimum absolute atomic E-state index is 0.272. The minimum atomic E-state index is -2.37. The number of rotatable bonds is 7. The number of aromatic amines is 1. The maximum absolute atomic E-state index is 12.5. The van der Waals surface area contributed by atoms with Gasteiger partial charge in [0.25, 0.3) is 0 Å². The number of allylic oxidation sites excluding steroid dienone is 5. The molecule has 1 saturated carbocycles. The van der Waals surface area contributed by atoms with Crippen molar-refractivity contribution in [3.05, 3.63) is 70.1 Å². The molecule has 0 radical (unpaired) electrons. The third-order valence-corrected chi connectivity index (χ3v) is 8.37. The Bertz CT molecular complexity index is 1590. The number of aromatic nitrogens is 2. The van der Waals surface area contributed by atoms with Crippen molar-refractivity contribution < 1.29 is 17.6 Å². The monoisotopic (exact) mass is 537 g/mol. The number of benzene rings is 1. The van der Waals surface area contributed by atoms with E-state index in [9.17, 15) is 18.0 Å². The van der Waals surface area contributed by atoms with Crippen LogP contribution in [0.4, 0.5) is 5.13 Å². The molecule has 5 rings (SSSR count). The van der Waals surface area contributed by atoms with E-state index in [-0.39, 0.29) is 4.86 Å². The lowest BCUT2D eigenvalue weighted by Crippen LogP contribution is -2.15. The predicted octanol–water partition coefficient (Wildman–Crippen LogP) is 5.26. The number of carbonyl (C=O) groups excluding carboxylic acids is 1. The normalized spacial score (nSPS) is 18.4. The van der Waals surface area contributed by atoms with Crippen LogP contribution in [0.3, 0.4) is 0 Å². The second-order valence-corrected chi connectivity index (χ2v) is 11.2. The Kier molecular flexibility index (Phi) is 7.66. The summed E-state index contributed by atoms with van der Waals surface area (Å²) in [5, 5.41) is 4.92. The van der Waals surface area contributed by atoms with Crippen LogP contribution in [0.15, 0.2) is 68.7 Å². The maximum Gasteiger partial charge on any atom is 0.417 e. The van der Waals surface area contributed by atoms with Gasteiger partial charge in [0.15, 0.2) is 10.7 Å². The van der Waals surface area contributed by atoms with Crippen molar-refractivity contribution in [1.29, 1.82) is 0 Å². The summed E-state index contributed by atoms with van der Waals surface area (Å²) in [6, 6.07) is 5.25. The molecule has 2 heterocycles. The number of fused-ring (bicyclic) bond motifs is 1. The summed E-state index contributed by atoms with van der Waals surface area (Å²) in [6.45, 7) is 0. The number of H-pyrrole nitrogens is 1. The quantitative estimate of drug-likeness (QED) is 0.313. The van der Waals surface area contributed by atoms with Crippen molar-refractivity contribution in [3.8, 4) is 11.3 Å². The molecule has 2 N–H and O–H groups in total. The minimum Gasteiger partial charge on any atom is -0.408 e. The molecule has 10 heteroatoms. The Morgan fingerprint density at radius 1 is 1.24 bits per heavy atom. The van der Waals surface area contributed by atoms with Gasteiger partial charge in [0.2, 0.25) is 16.2 Å². The zero-order chi connectivity index (χ0) is 25.8. The Morgan fingerprint density at radius 2 is 2.08 bits per heavy atom. The highest BCUT2D eigenvalue weighted by molar-refractivity contribution is 7.73. The van der Waals surface area contributed by atoms with E-state index in [1.54, 1.807) is 35.7 Å². The molecular formula is C27H27N3O5S2. The fourth-order valence-corrected chi connectivity index (χ4v) is 6.23. The van der Waals surface area contributed by atoms with E-state index in [0.29, 0.717) is 21.9 Å². The van der Waals surface area contributed by atoms with E-state index in [4.69, 9.17) is 4.42 Å². The highest BCUT2D eigenvalue weighted by atomic mass is 32.2. The number of hydrogen-bond donors (Lipinski definition) is 2. The standard InChI is InChI=1S/C27H27N3O5S2/c31-25(30-26-28-22(16-36-26)20-10-12-21-23(15-20)35-27(32)29-21)13-11-19-9-8-18(14-24(19)37(33)34)7-6-17-4-2-1-3-5-17/h8-17,19H,1-7H2,(H,29,32)(H,28,30,31). The average Bonchev–Trinajstić information content (AvgIpc) is 3.52. The van der Waals surface area contributed by atoms with Crippen LogP contribution in [0, 0.1) is 11.8 Å². The molecule has 3 aromatic rings. The van der Waals surface area contributed by atoms with Crippen LogP contribution in [0.2, 0.25) is 0 Å². The van der Waals surface area contributed by atoms with Gasteiger partial charge in [-0.15, -0.1) is 11.3 Å². The van der Waals surface area contributed by atoms with Crippen molar-refractivity contribution in [1.82, 2.24) is 9.97 Å². The predicted molar refractivity (Wildman–Crippen MR) is 146 cm³/mol. The van der Waals surface area contributed by atoms with Gasteiger partial charge in [0, 0.05) is 22.9 Å². The number of hydrogen-bond acceptors (Lipinski definition) is 7. The molecule has 1 atom stereocenters. The summed E-state index contributed by atoms with van der Waals surface area (Å²) in [4.78, 5) is 31.2. The van der Waals surface area contributed by atoms with Gasteiger partial charge < -0.3 is 4.42 Å². The molecule has 0 saturated heterocycles. The van der Waals surface area contributed by atoms with Gasteiger partial charge in [0.05, 0.1) is 16.1 Å². The third-order valence-electron chi connectivity index (χ3n) is 6.84. The lowest BCUT2D eigenvalue weighted by molar-refractivity contribution is -0.111. The van der Waals surface area contributed by atoms with Crippen molar-refractivity contribution in [2.75, 3.05) is 5.32 Å². The molecule has 1 fully saturated rings. The van der Waals surface area contributed by atoms with Gasteiger partial charge >= 0.3 is 5.76 Å².